The van der Waals surface area contributed by atoms with Gasteiger partial charge in [0.15, 0.2) is 0 Å². The first-order chi connectivity index (χ1) is 9.45. The van der Waals surface area contributed by atoms with Gasteiger partial charge in [-0.3, -0.25) is 4.79 Å². The number of nitrogens with zero attached hydrogens (tertiary/aromatic N) is 2. The fraction of sp³-hybridized carbons (Fsp3) is 0.533. The Morgan fingerprint density at radius 3 is 2.35 bits per heavy atom. The zero-order chi connectivity index (χ0) is 15.1. The third-order valence-corrected chi connectivity index (χ3v) is 3.58. The van der Waals surface area contributed by atoms with Crippen molar-refractivity contribution >= 4 is 34.8 Å². The Hall–Kier alpha value is -0.770. The molecule has 0 N–H and O–H groups in total. The van der Waals surface area contributed by atoms with Gasteiger partial charge in [0.05, 0.1) is 10.7 Å². The van der Waals surface area contributed by atoms with Gasteiger partial charge >= 0.3 is 0 Å². The molecule has 5 heteroatoms. The number of rotatable bonds is 7. The summed E-state index contributed by atoms with van der Waals surface area (Å²) in [7, 11) is 4.09. The smallest absolute Gasteiger partial charge is 0.226 e. The highest BCUT2D eigenvalue weighted by atomic mass is 35.5. The molecule has 0 saturated carbocycles. The number of unbranched alkanes of at least 4 members (excludes halogenated alkanes) is 1. The highest BCUT2D eigenvalue weighted by Crippen LogP contribution is 2.29. The van der Waals surface area contributed by atoms with Crippen molar-refractivity contribution in [2.24, 2.45) is 0 Å². The molecule has 1 aromatic rings. The van der Waals surface area contributed by atoms with Crippen molar-refractivity contribution in [3.63, 3.8) is 0 Å². The van der Waals surface area contributed by atoms with E-state index in [-0.39, 0.29) is 5.91 Å². The van der Waals surface area contributed by atoms with E-state index in [4.69, 9.17) is 23.2 Å². The zero-order valence-corrected chi connectivity index (χ0v) is 13.8. The molecule has 0 aliphatic heterocycles. The molecule has 0 radical (unpaired) electrons. The van der Waals surface area contributed by atoms with Gasteiger partial charge in [0.1, 0.15) is 0 Å². The zero-order valence-electron chi connectivity index (χ0n) is 12.3. The van der Waals surface area contributed by atoms with E-state index in [1.165, 1.54) is 0 Å². The van der Waals surface area contributed by atoms with Crippen LogP contribution in [0.2, 0.25) is 10.0 Å². The minimum absolute atomic E-state index is 0.0825. The van der Waals surface area contributed by atoms with Crippen LogP contribution >= 0.6 is 23.2 Å². The van der Waals surface area contributed by atoms with Crippen LogP contribution in [0.5, 0.6) is 0 Å². The van der Waals surface area contributed by atoms with Crippen molar-refractivity contribution in [2.45, 2.75) is 26.2 Å². The average molecular weight is 317 g/mol. The molecule has 1 rings (SSSR count). The number of carbonyl (C=O) groups excluding carboxylic acids is 1. The van der Waals surface area contributed by atoms with Crippen molar-refractivity contribution < 1.29 is 4.79 Å². The topological polar surface area (TPSA) is 23.6 Å². The standard InChI is InChI=1S/C15H22Cl2N2O/c1-4-15(20)19(10-6-5-9-18(2)3)14-8-7-12(16)11-13(14)17/h7-8,11H,4-6,9-10H2,1-3H3. The van der Waals surface area contributed by atoms with E-state index in [1.807, 2.05) is 27.1 Å². The van der Waals surface area contributed by atoms with Crippen LogP contribution in [0.1, 0.15) is 26.2 Å². The van der Waals surface area contributed by atoms with Crippen LogP contribution in [-0.4, -0.2) is 38.0 Å². The summed E-state index contributed by atoms with van der Waals surface area (Å²) in [5, 5.41) is 1.10. The number of benzene rings is 1. The molecule has 0 saturated heterocycles. The Bertz CT molecular complexity index is 449. The van der Waals surface area contributed by atoms with Crippen molar-refractivity contribution in [3.05, 3.63) is 28.2 Å². The largest absolute Gasteiger partial charge is 0.311 e. The van der Waals surface area contributed by atoms with E-state index in [9.17, 15) is 4.79 Å². The molecule has 112 valence electrons. The van der Waals surface area contributed by atoms with Gasteiger partial charge in [-0.05, 0) is 51.7 Å². The SMILES string of the molecule is CCC(=O)N(CCCCN(C)C)c1ccc(Cl)cc1Cl. The molecule has 0 atom stereocenters. The molecule has 0 unspecified atom stereocenters. The molecule has 1 aromatic carbocycles. The predicted octanol–water partition coefficient (Wildman–Crippen LogP) is 4.08. The Balaban J connectivity index is 2.76. The van der Waals surface area contributed by atoms with E-state index in [2.05, 4.69) is 4.90 Å². The highest BCUT2D eigenvalue weighted by molar-refractivity contribution is 6.36. The van der Waals surface area contributed by atoms with Crippen LogP contribution in [0.3, 0.4) is 0 Å². The molecule has 0 aliphatic carbocycles. The molecular weight excluding hydrogens is 295 g/mol. The van der Waals surface area contributed by atoms with Crippen molar-refractivity contribution in [2.75, 3.05) is 32.1 Å². The summed E-state index contributed by atoms with van der Waals surface area (Å²) in [5.41, 5.74) is 0.743. The van der Waals surface area contributed by atoms with Gasteiger partial charge in [-0.25, -0.2) is 0 Å². The van der Waals surface area contributed by atoms with Crippen LogP contribution in [0.25, 0.3) is 0 Å². The van der Waals surface area contributed by atoms with E-state index < -0.39 is 0 Å². The van der Waals surface area contributed by atoms with Gasteiger partial charge in [-0.2, -0.15) is 0 Å². The summed E-state index contributed by atoms with van der Waals surface area (Å²) >= 11 is 12.1. The number of hydrogen-bond donors (Lipinski definition) is 0. The van der Waals surface area contributed by atoms with Crippen LogP contribution in [0.4, 0.5) is 5.69 Å². The monoisotopic (exact) mass is 316 g/mol. The van der Waals surface area contributed by atoms with Crippen LogP contribution < -0.4 is 4.90 Å². The van der Waals surface area contributed by atoms with Gasteiger partial charge in [0.2, 0.25) is 5.91 Å². The lowest BCUT2D eigenvalue weighted by Gasteiger charge is -2.24. The number of halogens is 2. The van der Waals surface area contributed by atoms with Crippen LogP contribution in [-0.2, 0) is 4.79 Å². The van der Waals surface area contributed by atoms with Crippen LogP contribution in [0, 0.1) is 0 Å². The second-order valence-corrected chi connectivity index (χ2v) is 5.85. The maximum absolute atomic E-state index is 12.1. The summed E-state index contributed by atoms with van der Waals surface area (Å²) in [6.45, 7) is 3.56. The quantitative estimate of drug-likeness (QED) is 0.708. The molecule has 3 nitrogen and oxygen atoms in total. The first-order valence-corrected chi connectivity index (χ1v) is 7.61. The van der Waals surface area contributed by atoms with Crippen molar-refractivity contribution in [1.82, 2.24) is 4.90 Å². The molecule has 20 heavy (non-hydrogen) atoms. The van der Waals surface area contributed by atoms with Gasteiger partial charge in [-0.15, -0.1) is 0 Å². The minimum Gasteiger partial charge on any atom is -0.311 e. The minimum atomic E-state index is 0.0825. The Kier molecular flexibility index (Phi) is 7.35. The maximum atomic E-state index is 12.1. The predicted molar refractivity (Wildman–Crippen MR) is 86.9 cm³/mol. The number of hydrogen-bond acceptors (Lipinski definition) is 2. The number of carbonyl (C=O) groups is 1. The summed E-state index contributed by atoms with van der Waals surface area (Å²) in [6, 6.07) is 5.25. The fourth-order valence-electron chi connectivity index (χ4n) is 1.97. The Morgan fingerprint density at radius 1 is 1.15 bits per heavy atom. The normalized spacial score (nSPS) is 10.9. The van der Waals surface area contributed by atoms with E-state index in [0.29, 0.717) is 23.0 Å². The van der Waals surface area contributed by atoms with E-state index in [0.717, 1.165) is 25.1 Å². The van der Waals surface area contributed by atoms with E-state index in [1.54, 1.807) is 17.0 Å². The van der Waals surface area contributed by atoms with Gasteiger partial charge in [0, 0.05) is 18.0 Å². The lowest BCUT2D eigenvalue weighted by atomic mass is 10.2. The van der Waals surface area contributed by atoms with Crippen molar-refractivity contribution in [3.8, 4) is 0 Å². The van der Waals surface area contributed by atoms with Crippen molar-refractivity contribution in [1.29, 1.82) is 0 Å². The molecule has 0 heterocycles. The first-order valence-electron chi connectivity index (χ1n) is 6.85. The number of amides is 1. The molecule has 0 aliphatic rings. The molecule has 1 amide bonds. The summed E-state index contributed by atoms with van der Waals surface area (Å²) < 4.78 is 0. The van der Waals surface area contributed by atoms with E-state index >= 15 is 0 Å². The lowest BCUT2D eigenvalue weighted by Crippen LogP contribution is -2.31. The third-order valence-electron chi connectivity index (χ3n) is 3.04. The summed E-state index contributed by atoms with van der Waals surface area (Å²) in [5.74, 6) is 0.0825. The maximum Gasteiger partial charge on any atom is 0.226 e. The first kappa shape index (κ1) is 17.3. The highest BCUT2D eigenvalue weighted by Gasteiger charge is 2.16. The Morgan fingerprint density at radius 2 is 1.80 bits per heavy atom. The molecular formula is C15H22Cl2N2O. The van der Waals surface area contributed by atoms with Gasteiger partial charge in [-0.1, -0.05) is 30.1 Å². The lowest BCUT2D eigenvalue weighted by molar-refractivity contribution is -0.118. The Labute approximate surface area is 131 Å². The van der Waals surface area contributed by atoms with Gasteiger partial charge < -0.3 is 9.80 Å². The molecule has 0 fully saturated rings. The third kappa shape index (κ3) is 5.31. The summed E-state index contributed by atoms with van der Waals surface area (Å²) in [4.78, 5) is 16.0. The number of anilines is 1. The summed E-state index contributed by atoms with van der Waals surface area (Å²) in [6.07, 6.45) is 2.46. The molecule has 0 bridgehead atoms. The van der Waals surface area contributed by atoms with Crippen LogP contribution in [0.15, 0.2) is 18.2 Å². The second kappa shape index (κ2) is 8.50. The fourth-order valence-corrected chi connectivity index (χ4v) is 2.48. The molecule has 0 spiro atoms. The second-order valence-electron chi connectivity index (χ2n) is 5.01. The van der Waals surface area contributed by atoms with Gasteiger partial charge in [0.25, 0.3) is 0 Å². The molecule has 0 aromatic heterocycles. The average Bonchev–Trinajstić information content (AvgIpc) is 2.39.